The summed E-state index contributed by atoms with van der Waals surface area (Å²) in [6.07, 6.45) is 0.960. The van der Waals surface area contributed by atoms with Gasteiger partial charge in [0.05, 0.1) is 5.56 Å². The largest absolute Gasteiger partial charge is 0.434 e. The van der Waals surface area contributed by atoms with Crippen LogP contribution in [0.3, 0.4) is 0 Å². The van der Waals surface area contributed by atoms with E-state index in [9.17, 15) is 13.6 Å². The number of hydrogen-bond acceptors (Lipinski definition) is 3. The monoisotopic (exact) mass is 282 g/mol. The van der Waals surface area contributed by atoms with Crippen LogP contribution in [0.2, 0.25) is 0 Å². The van der Waals surface area contributed by atoms with E-state index in [1.165, 1.54) is 12.1 Å². The molecule has 20 heavy (non-hydrogen) atoms. The number of rotatable bonds is 3. The summed E-state index contributed by atoms with van der Waals surface area (Å²) in [6.45, 7) is -0.556. The Kier molecular flexibility index (Phi) is 3.56. The first kappa shape index (κ1) is 13.3. The smallest absolute Gasteiger partial charge is 0.387 e. The lowest BCUT2D eigenvalue weighted by atomic mass is 10.0. The Labute approximate surface area is 115 Å². The number of benzene rings is 1. The van der Waals surface area contributed by atoms with Crippen molar-refractivity contribution in [3.05, 3.63) is 29.8 Å². The summed E-state index contributed by atoms with van der Waals surface area (Å²) in [6, 6.07) is 6.35. The maximum absolute atomic E-state index is 12.6. The minimum atomic E-state index is -2.93. The van der Waals surface area contributed by atoms with Crippen LogP contribution in [0.4, 0.5) is 8.78 Å². The molecule has 2 atom stereocenters. The van der Waals surface area contributed by atoms with Gasteiger partial charge in [-0.25, -0.2) is 0 Å². The third-order valence-corrected chi connectivity index (χ3v) is 4.04. The van der Waals surface area contributed by atoms with E-state index in [-0.39, 0.29) is 23.3 Å². The van der Waals surface area contributed by atoms with Crippen molar-refractivity contribution in [3.8, 4) is 5.75 Å². The highest BCUT2D eigenvalue weighted by molar-refractivity contribution is 5.97. The second kappa shape index (κ2) is 5.36. The number of carbonyl (C=O) groups excluding carboxylic acids is 1. The van der Waals surface area contributed by atoms with E-state index in [0.29, 0.717) is 12.5 Å². The number of hydrogen-bond donors (Lipinski definition) is 1. The predicted molar refractivity (Wildman–Crippen MR) is 68.9 cm³/mol. The lowest BCUT2D eigenvalue weighted by molar-refractivity contribution is -0.0502. The van der Waals surface area contributed by atoms with Gasteiger partial charge in [-0.05, 0) is 24.5 Å². The molecule has 2 aliphatic heterocycles. The fourth-order valence-electron chi connectivity index (χ4n) is 3.10. The van der Waals surface area contributed by atoms with E-state index >= 15 is 0 Å². The van der Waals surface area contributed by atoms with Crippen LogP contribution in [0.1, 0.15) is 16.8 Å². The van der Waals surface area contributed by atoms with Crippen molar-refractivity contribution in [2.45, 2.75) is 19.1 Å². The Morgan fingerprint density at radius 2 is 2.15 bits per heavy atom. The van der Waals surface area contributed by atoms with Crippen molar-refractivity contribution in [2.75, 3.05) is 19.6 Å². The van der Waals surface area contributed by atoms with Gasteiger partial charge in [0.1, 0.15) is 5.75 Å². The summed E-state index contributed by atoms with van der Waals surface area (Å²) in [5, 5.41) is 3.26. The number of nitrogens with one attached hydrogen (secondary N) is 1. The SMILES string of the molecule is O=C(c1ccccc1OC(F)F)N1CC[C@H]2CNC[C@H]21. The van der Waals surface area contributed by atoms with Crippen LogP contribution in [0.15, 0.2) is 24.3 Å². The molecule has 0 bridgehead atoms. The van der Waals surface area contributed by atoms with Crippen LogP contribution in [0, 0.1) is 5.92 Å². The minimum Gasteiger partial charge on any atom is -0.434 e. The van der Waals surface area contributed by atoms with Gasteiger partial charge in [-0.15, -0.1) is 0 Å². The van der Waals surface area contributed by atoms with E-state index in [4.69, 9.17) is 0 Å². The van der Waals surface area contributed by atoms with Gasteiger partial charge >= 0.3 is 6.61 Å². The van der Waals surface area contributed by atoms with E-state index in [1.807, 2.05) is 0 Å². The van der Waals surface area contributed by atoms with Crippen molar-refractivity contribution < 1.29 is 18.3 Å². The number of fused-ring (bicyclic) bond motifs is 1. The molecule has 1 aromatic carbocycles. The van der Waals surface area contributed by atoms with Crippen molar-refractivity contribution in [2.24, 2.45) is 5.92 Å². The Morgan fingerprint density at radius 3 is 2.95 bits per heavy atom. The molecule has 1 aromatic rings. The summed E-state index contributed by atoms with van der Waals surface area (Å²) in [5.74, 6) is 0.196. The molecule has 2 aliphatic rings. The zero-order chi connectivity index (χ0) is 14.1. The highest BCUT2D eigenvalue weighted by Gasteiger charge is 2.40. The highest BCUT2D eigenvalue weighted by Crippen LogP contribution is 2.30. The average molecular weight is 282 g/mol. The molecular weight excluding hydrogens is 266 g/mol. The number of carbonyl (C=O) groups is 1. The number of nitrogens with zero attached hydrogens (tertiary/aromatic N) is 1. The second-order valence-corrected chi connectivity index (χ2v) is 5.15. The first-order valence-corrected chi connectivity index (χ1v) is 6.72. The maximum atomic E-state index is 12.6. The number of likely N-dealkylation sites (tertiary alicyclic amines) is 1. The number of para-hydroxylation sites is 1. The molecular formula is C14H16F2N2O2. The molecule has 0 aromatic heterocycles. The van der Waals surface area contributed by atoms with Crippen molar-refractivity contribution >= 4 is 5.91 Å². The van der Waals surface area contributed by atoms with Crippen LogP contribution in [0.25, 0.3) is 0 Å². The standard InChI is InChI=1S/C14H16F2N2O2/c15-14(16)20-12-4-2-1-3-10(12)13(19)18-6-5-9-7-17-8-11(9)18/h1-4,9,11,14,17H,5-8H2/t9-,11+/m0/s1. The molecule has 0 aliphatic carbocycles. The summed E-state index contributed by atoms with van der Waals surface area (Å²) in [5.41, 5.74) is 0.209. The van der Waals surface area contributed by atoms with Crippen molar-refractivity contribution in [1.29, 1.82) is 0 Å². The van der Waals surface area contributed by atoms with Crippen molar-refractivity contribution in [1.82, 2.24) is 10.2 Å². The molecule has 0 spiro atoms. The van der Waals surface area contributed by atoms with Crippen LogP contribution in [0.5, 0.6) is 5.75 Å². The van der Waals surface area contributed by atoms with Crippen LogP contribution < -0.4 is 10.1 Å². The maximum Gasteiger partial charge on any atom is 0.387 e. The molecule has 0 radical (unpaired) electrons. The van der Waals surface area contributed by atoms with E-state index in [0.717, 1.165) is 19.5 Å². The third-order valence-electron chi connectivity index (χ3n) is 4.04. The lowest BCUT2D eigenvalue weighted by Crippen LogP contribution is -2.39. The third kappa shape index (κ3) is 2.35. The van der Waals surface area contributed by atoms with Gasteiger partial charge in [0.15, 0.2) is 0 Å². The number of halogens is 2. The summed E-state index contributed by atoms with van der Waals surface area (Å²) in [4.78, 5) is 14.3. The van der Waals surface area contributed by atoms with Gasteiger partial charge < -0.3 is 15.0 Å². The van der Waals surface area contributed by atoms with Crippen LogP contribution in [-0.2, 0) is 0 Å². The zero-order valence-electron chi connectivity index (χ0n) is 10.9. The molecule has 1 amide bonds. The van der Waals surface area contributed by atoms with Crippen LogP contribution >= 0.6 is 0 Å². The molecule has 4 nitrogen and oxygen atoms in total. The summed E-state index contributed by atoms with van der Waals surface area (Å²) in [7, 11) is 0. The van der Waals surface area contributed by atoms with Gasteiger partial charge in [0, 0.05) is 25.7 Å². The zero-order valence-corrected chi connectivity index (χ0v) is 10.9. The van der Waals surface area contributed by atoms with E-state index < -0.39 is 6.61 Å². The molecule has 2 fully saturated rings. The lowest BCUT2D eigenvalue weighted by Gasteiger charge is -2.24. The Hall–Kier alpha value is -1.69. The predicted octanol–water partition coefficient (Wildman–Crippen LogP) is 1.72. The molecule has 108 valence electrons. The first-order chi connectivity index (χ1) is 9.66. The molecule has 0 unspecified atom stereocenters. The van der Waals surface area contributed by atoms with E-state index in [1.54, 1.807) is 17.0 Å². The average Bonchev–Trinajstić information content (AvgIpc) is 3.00. The topological polar surface area (TPSA) is 41.6 Å². The van der Waals surface area contributed by atoms with Gasteiger partial charge in [-0.1, -0.05) is 12.1 Å². The van der Waals surface area contributed by atoms with Gasteiger partial charge in [0.2, 0.25) is 0 Å². The molecule has 0 saturated carbocycles. The normalized spacial score (nSPS) is 25.1. The molecule has 6 heteroatoms. The minimum absolute atomic E-state index is 0.0538. The van der Waals surface area contributed by atoms with Gasteiger partial charge in [-0.3, -0.25) is 4.79 Å². The number of ether oxygens (including phenoxy) is 1. The number of alkyl halides is 2. The van der Waals surface area contributed by atoms with Crippen LogP contribution in [-0.4, -0.2) is 43.1 Å². The Morgan fingerprint density at radius 1 is 1.35 bits per heavy atom. The molecule has 1 N–H and O–H groups in total. The summed E-state index contributed by atoms with van der Waals surface area (Å²) < 4.78 is 29.2. The molecule has 2 heterocycles. The second-order valence-electron chi connectivity index (χ2n) is 5.15. The molecule has 2 saturated heterocycles. The first-order valence-electron chi connectivity index (χ1n) is 6.72. The number of amides is 1. The van der Waals surface area contributed by atoms with Crippen molar-refractivity contribution in [3.63, 3.8) is 0 Å². The summed E-state index contributed by atoms with van der Waals surface area (Å²) >= 11 is 0. The van der Waals surface area contributed by atoms with Gasteiger partial charge in [-0.2, -0.15) is 8.78 Å². The van der Waals surface area contributed by atoms with Gasteiger partial charge in [0.25, 0.3) is 5.91 Å². The fraction of sp³-hybridized carbons (Fsp3) is 0.500. The highest BCUT2D eigenvalue weighted by atomic mass is 19.3. The Balaban J connectivity index is 1.83. The quantitative estimate of drug-likeness (QED) is 0.918. The van der Waals surface area contributed by atoms with E-state index in [2.05, 4.69) is 10.1 Å². The molecule has 3 rings (SSSR count). The Bertz CT molecular complexity index is 510. The fourth-order valence-corrected chi connectivity index (χ4v) is 3.10.